The summed E-state index contributed by atoms with van der Waals surface area (Å²) in [6.45, 7) is 9.05. The van der Waals surface area contributed by atoms with Crippen molar-refractivity contribution in [3.63, 3.8) is 0 Å². The van der Waals surface area contributed by atoms with E-state index < -0.39 is 0 Å². The van der Waals surface area contributed by atoms with Gasteiger partial charge in [0.05, 0.1) is 5.70 Å². The average Bonchev–Trinajstić information content (AvgIpc) is 1.85. The number of rotatable bonds is 3. The maximum atomic E-state index is 3.91. The van der Waals surface area contributed by atoms with Gasteiger partial charge in [-0.25, -0.2) is 0 Å². The van der Waals surface area contributed by atoms with Gasteiger partial charge in [-0.05, 0) is 13.0 Å². The van der Waals surface area contributed by atoms with Crippen molar-refractivity contribution in [3.8, 4) is 0 Å². The van der Waals surface area contributed by atoms with Gasteiger partial charge in [-0.2, -0.15) is 0 Å². The summed E-state index contributed by atoms with van der Waals surface area (Å²) in [6.07, 6.45) is 6.96. The van der Waals surface area contributed by atoms with E-state index in [9.17, 15) is 0 Å². The first-order valence-electron chi connectivity index (χ1n) is 2.78. The Balaban J connectivity index is 3.76. The first kappa shape index (κ1) is 7.89. The molecule has 0 heterocycles. The second-order valence-corrected chi connectivity index (χ2v) is 1.51. The number of hydrogen-bond acceptors (Lipinski definition) is 1. The summed E-state index contributed by atoms with van der Waals surface area (Å²) in [7, 11) is 0. The first-order chi connectivity index (χ1) is 4.31. The lowest BCUT2D eigenvalue weighted by Crippen LogP contribution is -1.67. The van der Waals surface area contributed by atoms with Crippen LogP contribution in [-0.2, 0) is 0 Å². The van der Waals surface area contributed by atoms with Gasteiger partial charge in [-0.1, -0.05) is 25.3 Å². The Morgan fingerprint density at radius 3 is 2.67 bits per heavy atom. The fourth-order valence-electron chi connectivity index (χ4n) is 0.384. The fourth-order valence-corrected chi connectivity index (χ4v) is 0.384. The van der Waals surface area contributed by atoms with Gasteiger partial charge < -0.3 is 0 Å². The zero-order chi connectivity index (χ0) is 7.11. The van der Waals surface area contributed by atoms with Crippen LogP contribution in [0.15, 0.2) is 42.1 Å². The highest BCUT2D eigenvalue weighted by Gasteiger charge is 1.73. The van der Waals surface area contributed by atoms with Crippen LogP contribution in [0.1, 0.15) is 6.92 Å². The van der Waals surface area contributed by atoms with Crippen molar-refractivity contribution in [2.45, 2.75) is 6.92 Å². The normalized spacial score (nSPS) is 10.8. The van der Waals surface area contributed by atoms with Crippen LogP contribution in [0.5, 0.6) is 0 Å². The third-order valence-electron chi connectivity index (χ3n) is 0.705. The summed E-state index contributed by atoms with van der Waals surface area (Å²) in [5.74, 6) is 0. The van der Waals surface area contributed by atoms with Crippen LogP contribution in [0.2, 0.25) is 0 Å². The summed E-state index contributed by atoms with van der Waals surface area (Å²) < 4.78 is 0. The molecule has 0 aliphatic heterocycles. The SMILES string of the molecule is C=C/C=N\C(=C)/C=C\C. The molecule has 0 aromatic rings. The van der Waals surface area contributed by atoms with Gasteiger partial charge in [-0.3, -0.25) is 4.99 Å². The highest BCUT2D eigenvalue weighted by atomic mass is 14.7. The lowest BCUT2D eigenvalue weighted by Gasteiger charge is -1.83. The molecule has 0 aliphatic carbocycles. The van der Waals surface area contributed by atoms with E-state index in [1.807, 2.05) is 19.1 Å². The van der Waals surface area contributed by atoms with E-state index in [2.05, 4.69) is 18.2 Å². The fraction of sp³-hybridized carbons (Fsp3) is 0.125. The number of allylic oxidation sites excluding steroid dienone is 3. The van der Waals surface area contributed by atoms with Crippen LogP contribution in [0.3, 0.4) is 0 Å². The lowest BCUT2D eigenvalue weighted by atomic mass is 10.4. The first-order valence-corrected chi connectivity index (χ1v) is 2.78. The number of nitrogens with zero attached hydrogens (tertiary/aromatic N) is 1. The minimum atomic E-state index is 0.748. The highest BCUT2D eigenvalue weighted by Crippen LogP contribution is 1.91. The second-order valence-electron chi connectivity index (χ2n) is 1.51. The van der Waals surface area contributed by atoms with Crippen LogP contribution in [0.4, 0.5) is 0 Å². The van der Waals surface area contributed by atoms with Gasteiger partial charge in [0.2, 0.25) is 0 Å². The van der Waals surface area contributed by atoms with Gasteiger partial charge in [0.25, 0.3) is 0 Å². The molecule has 0 amide bonds. The third kappa shape index (κ3) is 4.75. The Hall–Kier alpha value is -1.11. The molecule has 0 radical (unpaired) electrons. The topological polar surface area (TPSA) is 12.4 Å². The predicted molar refractivity (Wildman–Crippen MR) is 42.6 cm³/mol. The molecule has 48 valence electrons. The van der Waals surface area contributed by atoms with E-state index in [1.54, 1.807) is 12.3 Å². The molecule has 0 aromatic heterocycles. The predicted octanol–water partition coefficient (Wildman–Crippen LogP) is 2.33. The average molecular weight is 121 g/mol. The second kappa shape index (κ2) is 5.04. The zero-order valence-electron chi connectivity index (χ0n) is 5.67. The standard InChI is InChI=1S/C8H11N/c1-4-6-8(3)9-7-5-2/h4-7H,2-3H2,1H3/b6-4-,9-7-. The summed E-state index contributed by atoms with van der Waals surface area (Å²) in [5.41, 5.74) is 0.748. The van der Waals surface area contributed by atoms with E-state index in [-0.39, 0.29) is 0 Å². The van der Waals surface area contributed by atoms with Crippen LogP contribution >= 0.6 is 0 Å². The van der Waals surface area contributed by atoms with Gasteiger partial charge in [0.1, 0.15) is 0 Å². The van der Waals surface area contributed by atoms with E-state index in [4.69, 9.17) is 0 Å². The van der Waals surface area contributed by atoms with Gasteiger partial charge in [-0.15, -0.1) is 0 Å². The van der Waals surface area contributed by atoms with Crippen LogP contribution < -0.4 is 0 Å². The maximum absolute atomic E-state index is 3.91. The maximum Gasteiger partial charge on any atom is 0.0554 e. The summed E-state index contributed by atoms with van der Waals surface area (Å²) in [4.78, 5) is 3.91. The van der Waals surface area contributed by atoms with Crippen molar-refractivity contribution in [1.82, 2.24) is 0 Å². The Bertz CT molecular complexity index is 152. The Morgan fingerprint density at radius 2 is 2.22 bits per heavy atom. The van der Waals surface area contributed by atoms with E-state index in [1.165, 1.54) is 0 Å². The van der Waals surface area contributed by atoms with Crippen LogP contribution in [-0.4, -0.2) is 6.21 Å². The summed E-state index contributed by atoms with van der Waals surface area (Å²) in [5, 5.41) is 0. The Labute approximate surface area is 56.1 Å². The van der Waals surface area contributed by atoms with Crippen molar-refractivity contribution < 1.29 is 0 Å². The minimum absolute atomic E-state index is 0.748. The molecule has 0 unspecified atom stereocenters. The molecule has 0 rings (SSSR count). The zero-order valence-corrected chi connectivity index (χ0v) is 5.67. The largest absolute Gasteiger partial charge is 0.258 e. The minimum Gasteiger partial charge on any atom is -0.258 e. The van der Waals surface area contributed by atoms with Crippen molar-refractivity contribution in [2.75, 3.05) is 0 Å². The van der Waals surface area contributed by atoms with Gasteiger partial charge >= 0.3 is 0 Å². The monoisotopic (exact) mass is 121 g/mol. The third-order valence-corrected chi connectivity index (χ3v) is 0.705. The molecule has 0 fully saturated rings. The Morgan fingerprint density at radius 1 is 1.56 bits per heavy atom. The molecule has 0 atom stereocenters. The molecular formula is C8H11N. The molecule has 0 spiro atoms. The van der Waals surface area contributed by atoms with Gasteiger partial charge in [0, 0.05) is 6.21 Å². The summed E-state index contributed by atoms with van der Waals surface area (Å²) in [6, 6.07) is 0. The van der Waals surface area contributed by atoms with E-state index in [0.717, 1.165) is 5.70 Å². The van der Waals surface area contributed by atoms with E-state index >= 15 is 0 Å². The van der Waals surface area contributed by atoms with Gasteiger partial charge in [0.15, 0.2) is 0 Å². The molecule has 9 heavy (non-hydrogen) atoms. The summed E-state index contributed by atoms with van der Waals surface area (Å²) >= 11 is 0. The quantitative estimate of drug-likeness (QED) is 0.401. The molecule has 1 nitrogen and oxygen atoms in total. The van der Waals surface area contributed by atoms with E-state index in [0.29, 0.717) is 0 Å². The van der Waals surface area contributed by atoms with Crippen LogP contribution in [0, 0.1) is 0 Å². The smallest absolute Gasteiger partial charge is 0.0554 e. The Kier molecular flexibility index (Phi) is 4.41. The van der Waals surface area contributed by atoms with Crippen LogP contribution in [0.25, 0.3) is 0 Å². The molecule has 0 aromatic carbocycles. The molecule has 0 aliphatic rings. The highest BCUT2D eigenvalue weighted by molar-refractivity contribution is 5.71. The molecule has 0 bridgehead atoms. The molecular weight excluding hydrogens is 110 g/mol. The molecule has 0 saturated heterocycles. The molecule has 1 heteroatoms. The molecule has 0 saturated carbocycles. The van der Waals surface area contributed by atoms with Crippen molar-refractivity contribution in [3.05, 3.63) is 37.1 Å². The number of hydrogen-bond donors (Lipinski definition) is 0. The molecule has 0 N–H and O–H groups in total. The van der Waals surface area contributed by atoms with Crippen molar-refractivity contribution in [2.24, 2.45) is 4.99 Å². The van der Waals surface area contributed by atoms with Crippen molar-refractivity contribution >= 4 is 6.21 Å². The van der Waals surface area contributed by atoms with Crippen molar-refractivity contribution in [1.29, 1.82) is 0 Å². The number of aliphatic imine (C=N–C) groups is 1. The lowest BCUT2D eigenvalue weighted by molar-refractivity contribution is 1.44.